The Bertz CT molecular complexity index is 395. The van der Waals surface area contributed by atoms with Crippen LogP contribution in [0.15, 0.2) is 29.2 Å². The van der Waals surface area contributed by atoms with Crippen LogP contribution in [0.5, 0.6) is 0 Å². The topological polar surface area (TPSA) is 29.3 Å². The Balaban J connectivity index is 1.94. The van der Waals surface area contributed by atoms with E-state index in [0.29, 0.717) is 10.2 Å². The Labute approximate surface area is 113 Å². The Hall–Kier alpha value is -0.580. The number of rotatable bonds is 4. The summed E-state index contributed by atoms with van der Waals surface area (Å²) in [7, 11) is 2.09. The Morgan fingerprint density at radius 3 is 2.94 bits per heavy atom. The van der Waals surface area contributed by atoms with E-state index in [2.05, 4.69) is 43.1 Å². The summed E-state index contributed by atoms with van der Waals surface area (Å²) in [4.78, 5) is 4.24. The van der Waals surface area contributed by atoms with Gasteiger partial charge < -0.3 is 5.73 Å². The number of hydrogen-bond donors (Lipinski definition) is 1. The lowest BCUT2D eigenvalue weighted by molar-refractivity contribution is 0.313. The third kappa shape index (κ3) is 3.00. The van der Waals surface area contributed by atoms with Gasteiger partial charge in [0.25, 0.3) is 0 Å². The number of nitrogens with zero attached hydrogens (tertiary/aromatic N) is 1. The molecule has 1 aliphatic heterocycles. The summed E-state index contributed by atoms with van der Waals surface area (Å²) >= 11 is 7.00. The summed E-state index contributed by atoms with van der Waals surface area (Å²) in [5.74, 6) is 0. The van der Waals surface area contributed by atoms with E-state index in [4.69, 9.17) is 18.0 Å². The Morgan fingerprint density at radius 1 is 1.59 bits per heavy atom. The molecule has 2 N–H and O–H groups in total. The summed E-state index contributed by atoms with van der Waals surface area (Å²) in [6, 6.07) is 8.82. The van der Waals surface area contributed by atoms with Crippen molar-refractivity contribution in [2.45, 2.75) is 29.5 Å². The maximum absolute atomic E-state index is 5.68. The second kappa shape index (κ2) is 5.38. The van der Waals surface area contributed by atoms with Gasteiger partial charge in [-0.1, -0.05) is 30.4 Å². The monoisotopic (exact) mass is 266 g/mol. The van der Waals surface area contributed by atoms with E-state index in [1.807, 2.05) is 11.8 Å². The molecule has 2 nitrogen and oxygen atoms in total. The number of nitrogens with two attached hydrogens (primary N) is 1. The third-order valence-electron chi connectivity index (χ3n) is 3.28. The van der Waals surface area contributed by atoms with Gasteiger partial charge in [0.1, 0.15) is 0 Å². The molecular weight excluding hydrogens is 248 g/mol. The van der Waals surface area contributed by atoms with Crippen molar-refractivity contribution in [1.29, 1.82) is 0 Å². The molecule has 0 radical (unpaired) electrons. The van der Waals surface area contributed by atoms with Crippen LogP contribution in [-0.4, -0.2) is 34.8 Å². The lowest BCUT2D eigenvalue weighted by Gasteiger charge is -2.26. The van der Waals surface area contributed by atoms with E-state index in [0.717, 1.165) is 13.0 Å². The molecule has 0 spiro atoms. The molecule has 0 saturated heterocycles. The van der Waals surface area contributed by atoms with Gasteiger partial charge in [-0.25, -0.2) is 0 Å². The third-order valence-corrected chi connectivity index (χ3v) is 4.92. The van der Waals surface area contributed by atoms with Gasteiger partial charge in [0.2, 0.25) is 0 Å². The fraction of sp³-hybridized carbons (Fsp3) is 0.462. The summed E-state index contributed by atoms with van der Waals surface area (Å²) < 4.78 is 0. The van der Waals surface area contributed by atoms with Crippen molar-refractivity contribution >= 4 is 29.0 Å². The highest BCUT2D eigenvalue weighted by molar-refractivity contribution is 8.00. The van der Waals surface area contributed by atoms with E-state index >= 15 is 0 Å². The fourth-order valence-corrected chi connectivity index (χ4v) is 3.62. The zero-order valence-electron chi connectivity index (χ0n) is 10.2. The second-order valence-electron chi connectivity index (χ2n) is 4.57. The molecule has 0 saturated carbocycles. The Kier molecular flexibility index (Phi) is 4.07. The largest absolute Gasteiger partial charge is 0.392 e. The van der Waals surface area contributed by atoms with Gasteiger partial charge in [-0.2, -0.15) is 0 Å². The zero-order chi connectivity index (χ0) is 12.4. The molecule has 1 heterocycles. The van der Waals surface area contributed by atoms with Crippen molar-refractivity contribution in [2.75, 3.05) is 13.6 Å². The molecule has 1 aromatic carbocycles. The van der Waals surface area contributed by atoms with Crippen molar-refractivity contribution in [3.05, 3.63) is 29.8 Å². The van der Waals surface area contributed by atoms with Crippen molar-refractivity contribution < 1.29 is 0 Å². The number of likely N-dealkylation sites (N-methyl/N-ethyl adjacent to an activating group) is 1. The fourth-order valence-electron chi connectivity index (χ4n) is 2.05. The number of hydrogen-bond acceptors (Lipinski definition) is 3. The van der Waals surface area contributed by atoms with Gasteiger partial charge in [-0.3, -0.25) is 4.90 Å². The van der Waals surface area contributed by atoms with Crippen LogP contribution in [0.25, 0.3) is 0 Å². The number of fused-ring (bicyclic) bond motifs is 1. The molecule has 4 heteroatoms. The highest BCUT2D eigenvalue weighted by Gasteiger charge is 2.24. The normalized spacial score (nSPS) is 20.3. The van der Waals surface area contributed by atoms with E-state index in [9.17, 15) is 0 Å². The molecule has 17 heavy (non-hydrogen) atoms. The molecule has 2 unspecified atom stereocenters. The molecule has 0 amide bonds. The molecule has 1 aromatic rings. The van der Waals surface area contributed by atoms with Crippen LogP contribution in [0, 0.1) is 0 Å². The van der Waals surface area contributed by atoms with Gasteiger partial charge in [0.05, 0.1) is 11.0 Å². The average molecular weight is 266 g/mol. The van der Waals surface area contributed by atoms with Crippen LogP contribution in [0.4, 0.5) is 0 Å². The SMILES string of the molecule is CC(C(N)=S)N(C)CC1Cc2ccccc2S1. The van der Waals surface area contributed by atoms with E-state index < -0.39 is 0 Å². The molecular formula is C13H18N2S2. The molecule has 0 aromatic heterocycles. The number of thiocarbonyl (C=S) groups is 1. The van der Waals surface area contributed by atoms with Crippen molar-refractivity contribution in [2.24, 2.45) is 5.73 Å². The maximum Gasteiger partial charge on any atom is 0.0899 e. The van der Waals surface area contributed by atoms with Crippen molar-refractivity contribution in [1.82, 2.24) is 4.90 Å². The van der Waals surface area contributed by atoms with Gasteiger partial charge >= 0.3 is 0 Å². The first kappa shape index (κ1) is 12.9. The predicted molar refractivity (Wildman–Crippen MR) is 78.7 cm³/mol. The quantitative estimate of drug-likeness (QED) is 0.847. The zero-order valence-corrected chi connectivity index (χ0v) is 11.9. The van der Waals surface area contributed by atoms with Crippen LogP contribution in [0.3, 0.4) is 0 Å². The molecule has 1 aliphatic rings. The minimum absolute atomic E-state index is 0.175. The summed E-state index contributed by atoms with van der Waals surface area (Å²) in [6.07, 6.45) is 1.15. The van der Waals surface area contributed by atoms with E-state index in [-0.39, 0.29) is 6.04 Å². The van der Waals surface area contributed by atoms with E-state index in [1.54, 1.807) is 0 Å². The first-order valence-corrected chi connectivity index (χ1v) is 7.11. The van der Waals surface area contributed by atoms with Gasteiger partial charge in [0.15, 0.2) is 0 Å². The molecule has 2 atom stereocenters. The molecule has 0 bridgehead atoms. The van der Waals surface area contributed by atoms with Gasteiger partial charge in [-0.05, 0) is 32.0 Å². The van der Waals surface area contributed by atoms with Gasteiger partial charge in [-0.15, -0.1) is 11.8 Å². The highest BCUT2D eigenvalue weighted by Crippen LogP contribution is 2.37. The van der Waals surface area contributed by atoms with E-state index in [1.165, 1.54) is 10.5 Å². The molecule has 0 fully saturated rings. The van der Waals surface area contributed by atoms with Crippen molar-refractivity contribution in [3.63, 3.8) is 0 Å². The van der Waals surface area contributed by atoms with Crippen molar-refractivity contribution in [3.8, 4) is 0 Å². The molecule has 2 rings (SSSR count). The lowest BCUT2D eigenvalue weighted by Crippen LogP contribution is -2.42. The minimum atomic E-state index is 0.175. The summed E-state index contributed by atoms with van der Waals surface area (Å²) in [6.45, 7) is 3.09. The van der Waals surface area contributed by atoms with Crippen LogP contribution < -0.4 is 5.73 Å². The summed E-state index contributed by atoms with van der Waals surface area (Å²) in [5.41, 5.74) is 7.15. The van der Waals surface area contributed by atoms with Crippen LogP contribution >= 0.6 is 24.0 Å². The molecule has 92 valence electrons. The first-order valence-electron chi connectivity index (χ1n) is 5.82. The Morgan fingerprint density at radius 2 is 2.29 bits per heavy atom. The lowest BCUT2D eigenvalue weighted by atomic mass is 10.1. The van der Waals surface area contributed by atoms with Crippen LogP contribution in [0.2, 0.25) is 0 Å². The minimum Gasteiger partial charge on any atom is -0.392 e. The molecule has 0 aliphatic carbocycles. The number of benzene rings is 1. The maximum atomic E-state index is 5.68. The summed E-state index contributed by atoms with van der Waals surface area (Å²) in [5, 5.41) is 0.620. The number of thioether (sulfide) groups is 1. The highest BCUT2D eigenvalue weighted by atomic mass is 32.2. The average Bonchev–Trinajstić information content (AvgIpc) is 2.69. The standard InChI is InChI=1S/C13H18N2S2/c1-9(13(14)16)15(2)8-11-7-10-5-3-4-6-12(10)17-11/h3-6,9,11H,7-8H2,1-2H3,(H2,14,16). The predicted octanol–water partition coefficient (Wildman–Crippen LogP) is 2.31. The smallest absolute Gasteiger partial charge is 0.0899 e. The van der Waals surface area contributed by atoms with Gasteiger partial charge in [0, 0.05) is 16.7 Å². The van der Waals surface area contributed by atoms with Crippen LogP contribution in [0.1, 0.15) is 12.5 Å². The van der Waals surface area contributed by atoms with Crippen LogP contribution in [-0.2, 0) is 6.42 Å². The second-order valence-corrected chi connectivity index (χ2v) is 6.38. The first-order chi connectivity index (χ1) is 8.08.